The van der Waals surface area contributed by atoms with Crippen LogP contribution in [0.5, 0.6) is 0 Å². The van der Waals surface area contributed by atoms with Gasteiger partial charge in [-0.15, -0.1) is 6.58 Å². The maximum atomic E-state index is 12.2. The minimum absolute atomic E-state index is 0.149. The molecule has 0 saturated carbocycles. The summed E-state index contributed by atoms with van der Waals surface area (Å²) in [5, 5.41) is 0. The largest absolute Gasteiger partial charge is 0.468 e. The lowest BCUT2D eigenvalue weighted by atomic mass is 9.75. The highest BCUT2D eigenvalue weighted by Gasteiger charge is 2.49. The molecule has 0 aliphatic rings. The van der Waals surface area contributed by atoms with E-state index in [1.54, 1.807) is 31.2 Å². The highest BCUT2D eigenvalue weighted by atomic mass is 16.5. The van der Waals surface area contributed by atoms with Crippen molar-refractivity contribution in [3.05, 3.63) is 48.0 Å². The van der Waals surface area contributed by atoms with E-state index in [0.717, 1.165) is 0 Å². The molecule has 1 rings (SSSR count). The second-order valence-electron chi connectivity index (χ2n) is 4.39. The molecule has 0 N–H and O–H groups in total. The van der Waals surface area contributed by atoms with Gasteiger partial charge in [-0.3, -0.25) is 9.59 Å². The van der Waals surface area contributed by atoms with Gasteiger partial charge in [0, 0.05) is 0 Å². The molecule has 0 unspecified atom stereocenters. The van der Waals surface area contributed by atoms with Crippen LogP contribution in [0.2, 0.25) is 0 Å². The molecular formula is C15H18O4. The van der Waals surface area contributed by atoms with Crippen molar-refractivity contribution in [3.8, 4) is 0 Å². The Morgan fingerprint density at radius 2 is 1.58 bits per heavy atom. The molecular weight excluding hydrogens is 244 g/mol. The fraction of sp³-hybridized carbons (Fsp3) is 0.333. The van der Waals surface area contributed by atoms with Gasteiger partial charge in [0.15, 0.2) is 5.41 Å². The fourth-order valence-electron chi connectivity index (χ4n) is 2.09. The Balaban J connectivity index is 3.47. The summed E-state index contributed by atoms with van der Waals surface area (Å²) in [7, 11) is 2.50. The first-order chi connectivity index (χ1) is 8.98. The summed E-state index contributed by atoms with van der Waals surface area (Å²) in [5.74, 6) is -1.29. The van der Waals surface area contributed by atoms with E-state index in [1.165, 1.54) is 14.2 Å². The molecule has 0 radical (unpaired) electrons. The molecule has 0 heterocycles. The highest BCUT2D eigenvalue weighted by Crippen LogP contribution is 2.33. The predicted molar refractivity (Wildman–Crippen MR) is 71.6 cm³/mol. The Labute approximate surface area is 113 Å². The normalized spacial score (nSPS) is 10.7. The molecule has 0 aliphatic heterocycles. The van der Waals surface area contributed by atoms with Crippen LogP contribution in [-0.4, -0.2) is 26.2 Å². The predicted octanol–water partition coefficient (Wildman–Crippen LogP) is 2.24. The number of rotatable bonds is 5. The maximum absolute atomic E-state index is 12.2. The van der Waals surface area contributed by atoms with Crippen LogP contribution in [0.3, 0.4) is 0 Å². The molecule has 4 heteroatoms. The fourth-order valence-corrected chi connectivity index (χ4v) is 2.09. The van der Waals surface area contributed by atoms with Gasteiger partial charge in [-0.05, 0) is 18.9 Å². The average Bonchev–Trinajstić information content (AvgIpc) is 2.43. The molecule has 4 nitrogen and oxygen atoms in total. The first kappa shape index (κ1) is 15.0. The molecule has 0 bridgehead atoms. The number of hydrogen-bond donors (Lipinski definition) is 0. The smallest absolute Gasteiger partial charge is 0.328 e. The number of carbonyl (C=O) groups excluding carboxylic acids is 2. The van der Waals surface area contributed by atoms with Crippen molar-refractivity contribution < 1.29 is 19.1 Å². The van der Waals surface area contributed by atoms with E-state index in [0.29, 0.717) is 11.1 Å². The molecule has 1 aromatic rings. The standard InChI is InChI=1S/C15H18O4/c1-11(2)10-15(13(16)18-3,14(17)19-4)12-8-6-5-7-9-12/h5-9H,1,10H2,2-4H3. The SMILES string of the molecule is C=C(C)CC(C(=O)OC)(C(=O)OC)c1ccccc1. The van der Waals surface area contributed by atoms with Crippen LogP contribution in [0.4, 0.5) is 0 Å². The summed E-state index contributed by atoms with van der Waals surface area (Å²) in [4.78, 5) is 24.4. The minimum atomic E-state index is -1.49. The molecule has 0 aliphatic carbocycles. The lowest BCUT2D eigenvalue weighted by Gasteiger charge is -2.28. The van der Waals surface area contributed by atoms with Gasteiger partial charge in [0.25, 0.3) is 0 Å². The van der Waals surface area contributed by atoms with Crippen molar-refractivity contribution in [1.29, 1.82) is 0 Å². The maximum Gasteiger partial charge on any atom is 0.328 e. The summed E-state index contributed by atoms with van der Waals surface area (Å²) < 4.78 is 9.63. The zero-order valence-electron chi connectivity index (χ0n) is 11.4. The molecule has 1 aromatic carbocycles. The second-order valence-corrected chi connectivity index (χ2v) is 4.39. The van der Waals surface area contributed by atoms with E-state index in [1.807, 2.05) is 6.07 Å². The number of allylic oxidation sites excluding steroid dienone is 1. The number of methoxy groups -OCH3 is 2. The number of carbonyl (C=O) groups is 2. The Morgan fingerprint density at radius 1 is 1.11 bits per heavy atom. The van der Waals surface area contributed by atoms with Crippen molar-refractivity contribution in [3.63, 3.8) is 0 Å². The van der Waals surface area contributed by atoms with Gasteiger partial charge in [0.1, 0.15) is 0 Å². The second kappa shape index (κ2) is 6.18. The first-order valence-corrected chi connectivity index (χ1v) is 5.85. The summed E-state index contributed by atoms with van der Waals surface area (Å²) in [5.41, 5.74) is -0.257. The van der Waals surface area contributed by atoms with Crippen molar-refractivity contribution in [2.75, 3.05) is 14.2 Å². The Bertz CT molecular complexity index is 460. The molecule has 0 saturated heterocycles. The summed E-state index contributed by atoms with van der Waals surface area (Å²) >= 11 is 0. The quantitative estimate of drug-likeness (QED) is 0.464. The Kier molecular flexibility index (Phi) is 4.87. The Hall–Kier alpha value is -2.10. The number of benzene rings is 1. The summed E-state index contributed by atoms with van der Waals surface area (Å²) in [6.45, 7) is 5.54. The lowest BCUT2D eigenvalue weighted by molar-refractivity contribution is -0.162. The third kappa shape index (κ3) is 2.84. The monoisotopic (exact) mass is 262 g/mol. The summed E-state index contributed by atoms with van der Waals surface area (Å²) in [6, 6.07) is 8.74. The molecule has 0 aromatic heterocycles. The van der Waals surface area contributed by atoms with Crippen LogP contribution in [0.25, 0.3) is 0 Å². The van der Waals surface area contributed by atoms with Crippen molar-refractivity contribution in [2.24, 2.45) is 0 Å². The van der Waals surface area contributed by atoms with E-state index >= 15 is 0 Å². The van der Waals surface area contributed by atoms with Crippen LogP contribution < -0.4 is 0 Å². The Morgan fingerprint density at radius 3 is 1.95 bits per heavy atom. The van der Waals surface area contributed by atoms with Crippen LogP contribution in [0.1, 0.15) is 18.9 Å². The van der Waals surface area contributed by atoms with E-state index in [9.17, 15) is 9.59 Å². The van der Waals surface area contributed by atoms with E-state index in [-0.39, 0.29) is 6.42 Å². The summed E-state index contributed by atoms with van der Waals surface area (Å²) in [6.07, 6.45) is 0.149. The third-order valence-electron chi connectivity index (χ3n) is 2.90. The average molecular weight is 262 g/mol. The van der Waals surface area contributed by atoms with E-state index in [2.05, 4.69) is 6.58 Å². The van der Waals surface area contributed by atoms with Crippen LogP contribution >= 0.6 is 0 Å². The van der Waals surface area contributed by atoms with Crippen molar-refractivity contribution >= 4 is 11.9 Å². The first-order valence-electron chi connectivity index (χ1n) is 5.85. The molecule has 0 amide bonds. The lowest BCUT2D eigenvalue weighted by Crippen LogP contribution is -2.45. The van der Waals surface area contributed by atoms with E-state index < -0.39 is 17.4 Å². The molecule has 102 valence electrons. The van der Waals surface area contributed by atoms with Gasteiger partial charge in [-0.1, -0.05) is 35.9 Å². The van der Waals surface area contributed by atoms with Gasteiger partial charge >= 0.3 is 11.9 Å². The molecule has 0 spiro atoms. The van der Waals surface area contributed by atoms with Crippen LogP contribution in [0, 0.1) is 0 Å². The van der Waals surface area contributed by atoms with Gasteiger partial charge < -0.3 is 9.47 Å². The van der Waals surface area contributed by atoms with Gasteiger partial charge in [0.05, 0.1) is 14.2 Å². The zero-order chi connectivity index (χ0) is 14.5. The van der Waals surface area contributed by atoms with Crippen LogP contribution in [-0.2, 0) is 24.5 Å². The zero-order valence-corrected chi connectivity index (χ0v) is 11.4. The van der Waals surface area contributed by atoms with Crippen molar-refractivity contribution in [1.82, 2.24) is 0 Å². The van der Waals surface area contributed by atoms with Gasteiger partial charge in [0.2, 0.25) is 0 Å². The number of esters is 2. The third-order valence-corrected chi connectivity index (χ3v) is 2.90. The molecule has 0 fully saturated rings. The topological polar surface area (TPSA) is 52.6 Å². The highest BCUT2D eigenvalue weighted by molar-refractivity contribution is 6.06. The molecule has 0 atom stereocenters. The number of ether oxygens (including phenoxy) is 2. The molecule has 19 heavy (non-hydrogen) atoms. The van der Waals surface area contributed by atoms with E-state index in [4.69, 9.17) is 9.47 Å². The van der Waals surface area contributed by atoms with Crippen molar-refractivity contribution in [2.45, 2.75) is 18.8 Å². The van der Waals surface area contributed by atoms with Crippen LogP contribution in [0.15, 0.2) is 42.5 Å². The van der Waals surface area contributed by atoms with Gasteiger partial charge in [-0.2, -0.15) is 0 Å². The number of hydrogen-bond acceptors (Lipinski definition) is 4. The minimum Gasteiger partial charge on any atom is -0.468 e. The van der Waals surface area contributed by atoms with Gasteiger partial charge in [-0.25, -0.2) is 0 Å².